The molecule has 0 amide bonds. The lowest BCUT2D eigenvalue weighted by atomic mass is 9.88. The van der Waals surface area contributed by atoms with Gasteiger partial charge in [0.1, 0.15) is 0 Å². The lowest BCUT2D eigenvalue weighted by molar-refractivity contribution is 0.586. The first-order valence-corrected chi connectivity index (χ1v) is 6.43. The molecule has 0 saturated heterocycles. The maximum Gasteiger partial charge on any atom is 0.258 e. The van der Waals surface area contributed by atoms with E-state index in [9.17, 15) is 4.79 Å². The van der Waals surface area contributed by atoms with Gasteiger partial charge in [0.25, 0.3) is 5.56 Å². The van der Waals surface area contributed by atoms with Gasteiger partial charge in [-0.1, -0.05) is 39.3 Å². The van der Waals surface area contributed by atoms with Gasteiger partial charge in [-0.2, -0.15) is 0 Å². The number of hydrogen-bond acceptors (Lipinski definition) is 2. The van der Waals surface area contributed by atoms with E-state index in [4.69, 9.17) is 11.6 Å². The van der Waals surface area contributed by atoms with Gasteiger partial charge in [-0.3, -0.25) is 9.20 Å². The van der Waals surface area contributed by atoms with Gasteiger partial charge >= 0.3 is 0 Å². The van der Waals surface area contributed by atoms with Crippen molar-refractivity contribution in [1.82, 2.24) is 9.38 Å². The highest BCUT2D eigenvalue weighted by atomic mass is 35.5. The van der Waals surface area contributed by atoms with Crippen molar-refractivity contribution >= 4 is 17.2 Å². The number of rotatable bonds is 1. The Morgan fingerprint density at radius 1 is 1.33 bits per heavy atom. The molecule has 0 aliphatic rings. The number of nitrogens with zero attached hydrogens (tertiary/aromatic N) is 2. The van der Waals surface area contributed by atoms with E-state index in [1.807, 2.05) is 19.2 Å². The van der Waals surface area contributed by atoms with Crippen LogP contribution in [0.5, 0.6) is 0 Å². The topological polar surface area (TPSA) is 34.4 Å². The molecule has 0 aliphatic heterocycles. The van der Waals surface area contributed by atoms with Gasteiger partial charge in [-0.05, 0) is 23.5 Å². The molecule has 0 fully saturated rings. The third-order valence-corrected chi connectivity index (χ3v) is 3.28. The predicted molar refractivity (Wildman–Crippen MR) is 74.6 cm³/mol. The summed E-state index contributed by atoms with van der Waals surface area (Å²) in [6.45, 7) is 8.23. The summed E-state index contributed by atoms with van der Waals surface area (Å²) in [6, 6.07) is 3.46. The lowest BCUT2D eigenvalue weighted by Crippen LogP contribution is -2.19. The molecule has 2 aromatic heterocycles. The molecule has 4 heteroatoms. The molecule has 0 bridgehead atoms. The summed E-state index contributed by atoms with van der Waals surface area (Å²) >= 11 is 6.25. The minimum Gasteiger partial charge on any atom is -0.269 e. The normalized spacial score (nSPS) is 12.1. The quantitative estimate of drug-likeness (QED) is 0.793. The van der Waals surface area contributed by atoms with Gasteiger partial charge in [0, 0.05) is 18.0 Å². The molecule has 96 valence electrons. The van der Waals surface area contributed by atoms with Gasteiger partial charge < -0.3 is 0 Å². The van der Waals surface area contributed by atoms with Crippen molar-refractivity contribution in [1.29, 1.82) is 0 Å². The fourth-order valence-electron chi connectivity index (χ4n) is 1.80. The summed E-state index contributed by atoms with van der Waals surface area (Å²) in [5.74, 6) is 0. The number of aryl methyl sites for hydroxylation is 1. The Morgan fingerprint density at radius 2 is 2.00 bits per heavy atom. The second kappa shape index (κ2) is 4.39. The zero-order valence-corrected chi connectivity index (χ0v) is 11.9. The molecular formula is C14H17ClN2O. The Hall–Kier alpha value is -1.35. The fraction of sp³-hybridized carbons (Fsp3) is 0.429. The molecule has 18 heavy (non-hydrogen) atoms. The zero-order chi connectivity index (χ0) is 13.5. The van der Waals surface area contributed by atoms with Crippen molar-refractivity contribution in [2.75, 3.05) is 0 Å². The Morgan fingerprint density at radius 3 is 2.56 bits per heavy atom. The van der Waals surface area contributed by atoms with E-state index < -0.39 is 0 Å². The van der Waals surface area contributed by atoms with Gasteiger partial charge in [-0.25, -0.2) is 4.98 Å². The summed E-state index contributed by atoms with van der Waals surface area (Å²) in [5.41, 5.74) is 2.19. The minimum absolute atomic E-state index is 0.0549. The number of aromatic nitrogens is 2. The standard InChI is InChI=1S/C14H17ClN2O/c1-5-10-7-12(18)17-8-9(14(2,3)4)6-11(15)13(17)16-10/h6-8H,5H2,1-4H3. The maximum atomic E-state index is 12.1. The van der Waals surface area contributed by atoms with Crippen LogP contribution in [-0.4, -0.2) is 9.38 Å². The molecule has 3 nitrogen and oxygen atoms in total. The molecular weight excluding hydrogens is 248 g/mol. The monoisotopic (exact) mass is 264 g/mol. The fourth-order valence-corrected chi connectivity index (χ4v) is 2.05. The van der Waals surface area contributed by atoms with Crippen molar-refractivity contribution in [2.24, 2.45) is 0 Å². The van der Waals surface area contributed by atoms with Crippen molar-refractivity contribution in [3.05, 3.63) is 45.0 Å². The Labute approximate surface area is 111 Å². The van der Waals surface area contributed by atoms with Crippen LogP contribution in [0.15, 0.2) is 23.1 Å². The summed E-state index contributed by atoms with van der Waals surface area (Å²) in [4.78, 5) is 16.5. The lowest BCUT2D eigenvalue weighted by Gasteiger charge is -2.20. The zero-order valence-electron chi connectivity index (χ0n) is 11.1. The molecule has 0 N–H and O–H groups in total. The van der Waals surface area contributed by atoms with E-state index in [2.05, 4.69) is 25.8 Å². The van der Waals surface area contributed by atoms with E-state index >= 15 is 0 Å². The van der Waals surface area contributed by atoms with E-state index in [0.717, 1.165) is 17.7 Å². The Balaban J connectivity index is 2.82. The third kappa shape index (κ3) is 2.27. The molecule has 0 saturated carbocycles. The van der Waals surface area contributed by atoms with Crippen LogP contribution in [0.3, 0.4) is 0 Å². The largest absolute Gasteiger partial charge is 0.269 e. The smallest absolute Gasteiger partial charge is 0.258 e. The molecule has 0 aromatic carbocycles. The average molecular weight is 265 g/mol. The maximum absolute atomic E-state index is 12.1. The van der Waals surface area contributed by atoms with Crippen LogP contribution in [-0.2, 0) is 11.8 Å². The molecule has 0 aliphatic carbocycles. The predicted octanol–water partition coefficient (Wildman–Crippen LogP) is 3.21. The molecule has 0 radical (unpaired) electrons. The van der Waals surface area contributed by atoms with Gasteiger partial charge in [0.15, 0.2) is 5.65 Å². The van der Waals surface area contributed by atoms with Crippen molar-refractivity contribution < 1.29 is 0 Å². The number of halogens is 1. The SMILES string of the molecule is CCc1cc(=O)n2cc(C(C)(C)C)cc(Cl)c2n1. The van der Waals surface area contributed by atoms with Crippen LogP contribution in [0.2, 0.25) is 5.02 Å². The van der Waals surface area contributed by atoms with Crippen LogP contribution in [0.1, 0.15) is 39.0 Å². The first-order chi connectivity index (χ1) is 8.32. The van der Waals surface area contributed by atoms with Crippen molar-refractivity contribution in [3.8, 4) is 0 Å². The van der Waals surface area contributed by atoms with E-state index in [1.54, 1.807) is 6.07 Å². The Bertz CT molecular complexity index is 653. The number of pyridine rings is 1. The highest BCUT2D eigenvalue weighted by Gasteiger charge is 2.17. The molecule has 2 rings (SSSR count). The molecule has 0 atom stereocenters. The second-order valence-electron chi connectivity index (χ2n) is 5.46. The van der Waals surface area contributed by atoms with Crippen LogP contribution in [0.25, 0.3) is 5.65 Å². The minimum atomic E-state index is -0.0788. The second-order valence-corrected chi connectivity index (χ2v) is 5.87. The van der Waals surface area contributed by atoms with Crippen molar-refractivity contribution in [2.45, 2.75) is 39.5 Å². The summed E-state index contributed by atoms with van der Waals surface area (Å²) in [6.07, 6.45) is 2.55. The summed E-state index contributed by atoms with van der Waals surface area (Å²) in [5, 5.41) is 0.523. The highest BCUT2D eigenvalue weighted by Crippen LogP contribution is 2.26. The van der Waals surface area contributed by atoms with Crippen molar-refractivity contribution in [3.63, 3.8) is 0 Å². The Kier molecular flexibility index (Phi) is 3.20. The average Bonchev–Trinajstić information content (AvgIpc) is 2.28. The summed E-state index contributed by atoms with van der Waals surface area (Å²) in [7, 11) is 0. The van der Waals surface area contributed by atoms with Gasteiger partial charge in [-0.15, -0.1) is 0 Å². The molecule has 0 spiro atoms. The third-order valence-electron chi connectivity index (χ3n) is 3.00. The van der Waals surface area contributed by atoms with Crippen LogP contribution >= 0.6 is 11.6 Å². The molecule has 2 aromatic rings. The van der Waals surface area contributed by atoms with Gasteiger partial charge in [0.2, 0.25) is 0 Å². The van der Waals surface area contributed by atoms with Crippen LogP contribution in [0.4, 0.5) is 0 Å². The van der Waals surface area contributed by atoms with E-state index in [-0.39, 0.29) is 11.0 Å². The van der Waals surface area contributed by atoms with E-state index in [0.29, 0.717) is 10.7 Å². The molecule has 0 unspecified atom stereocenters. The number of hydrogen-bond donors (Lipinski definition) is 0. The van der Waals surface area contributed by atoms with Gasteiger partial charge in [0.05, 0.1) is 5.02 Å². The molecule has 2 heterocycles. The first kappa shape index (κ1) is 13.1. The number of fused-ring (bicyclic) bond motifs is 1. The first-order valence-electron chi connectivity index (χ1n) is 6.05. The van der Waals surface area contributed by atoms with Crippen LogP contribution < -0.4 is 5.56 Å². The van der Waals surface area contributed by atoms with Crippen LogP contribution in [0, 0.1) is 0 Å². The van der Waals surface area contributed by atoms with E-state index in [1.165, 1.54) is 4.40 Å². The summed E-state index contributed by atoms with van der Waals surface area (Å²) < 4.78 is 1.53. The highest BCUT2D eigenvalue weighted by molar-refractivity contribution is 6.33.